The first-order chi connectivity index (χ1) is 9.14. The molecule has 7 heteroatoms. The minimum atomic E-state index is -3.64. The Morgan fingerprint density at radius 1 is 1.45 bits per heavy atom. The van der Waals surface area contributed by atoms with Crippen LogP contribution < -0.4 is 5.73 Å². The van der Waals surface area contributed by atoms with Gasteiger partial charge < -0.3 is 5.73 Å². The first-order valence-electron chi connectivity index (χ1n) is 6.35. The van der Waals surface area contributed by atoms with E-state index in [2.05, 4.69) is 15.9 Å². The summed E-state index contributed by atoms with van der Waals surface area (Å²) in [6.45, 7) is 4.66. The van der Waals surface area contributed by atoms with Crippen molar-refractivity contribution in [3.8, 4) is 0 Å². The van der Waals surface area contributed by atoms with Gasteiger partial charge in [0.05, 0.1) is 4.90 Å². The maximum atomic E-state index is 13.1. The zero-order valence-corrected chi connectivity index (χ0v) is 13.8. The van der Waals surface area contributed by atoms with Crippen molar-refractivity contribution in [3.05, 3.63) is 28.5 Å². The number of piperidine rings is 1. The van der Waals surface area contributed by atoms with Crippen LogP contribution in [0.4, 0.5) is 4.39 Å². The fourth-order valence-corrected chi connectivity index (χ4v) is 4.99. The highest BCUT2D eigenvalue weighted by atomic mass is 79.9. The summed E-state index contributed by atoms with van der Waals surface area (Å²) < 4.78 is 40.1. The number of benzene rings is 1. The lowest BCUT2D eigenvalue weighted by molar-refractivity contribution is 0.155. The van der Waals surface area contributed by atoms with Crippen molar-refractivity contribution >= 4 is 26.0 Å². The number of rotatable bonds is 2. The lowest BCUT2D eigenvalue weighted by Gasteiger charge is -2.41. The van der Waals surface area contributed by atoms with E-state index in [4.69, 9.17) is 5.73 Å². The highest BCUT2D eigenvalue weighted by Gasteiger charge is 2.39. The summed E-state index contributed by atoms with van der Waals surface area (Å²) in [7, 11) is -3.64. The highest BCUT2D eigenvalue weighted by Crippen LogP contribution is 2.33. The third kappa shape index (κ3) is 2.90. The number of hydrogen-bond acceptors (Lipinski definition) is 3. The third-order valence-corrected chi connectivity index (χ3v) is 6.61. The first kappa shape index (κ1) is 15.9. The highest BCUT2D eigenvalue weighted by molar-refractivity contribution is 9.10. The second kappa shape index (κ2) is 5.36. The van der Waals surface area contributed by atoms with Crippen LogP contribution in [-0.4, -0.2) is 31.9 Å². The summed E-state index contributed by atoms with van der Waals surface area (Å²) in [5.41, 5.74) is 5.75. The van der Waals surface area contributed by atoms with Gasteiger partial charge in [0.25, 0.3) is 0 Å². The van der Waals surface area contributed by atoms with Crippen LogP contribution in [0.25, 0.3) is 0 Å². The molecule has 1 aromatic rings. The standard InChI is InChI=1S/C13H18BrFN2O2S/c1-13(2)8-17(6-5-12(13)16)20(18,19)11-4-3-9(15)7-10(11)14/h3-4,7,12H,5-6,8,16H2,1-2H3. The van der Waals surface area contributed by atoms with Gasteiger partial charge in [0.1, 0.15) is 5.82 Å². The average Bonchev–Trinajstić information content (AvgIpc) is 2.31. The molecule has 1 aliphatic rings. The van der Waals surface area contributed by atoms with Crippen LogP contribution in [0.1, 0.15) is 20.3 Å². The lowest BCUT2D eigenvalue weighted by atomic mass is 9.81. The van der Waals surface area contributed by atoms with Gasteiger partial charge in [-0.25, -0.2) is 12.8 Å². The van der Waals surface area contributed by atoms with Crippen molar-refractivity contribution in [3.63, 3.8) is 0 Å². The molecule has 1 saturated heterocycles. The Morgan fingerprint density at radius 2 is 2.10 bits per heavy atom. The van der Waals surface area contributed by atoms with Crippen molar-refractivity contribution in [1.82, 2.24) is 4.31 Å². The number of nitrogens with two attached hydrogens (primary N) is 1. The molecule has 112 valence electrons. The predicted molar refractivity (Wildman–Crippen MR) is 79.2 cm³/mol. The molecular weight excluding hydrogens is 347 g/mol. The average molecular weight is 365 g/mol. The van der Waals surface area contributed by atoms with Crippen molar-refractivity contribution < 1.29 is 12.8 Å². The van der Waals surface area contributed by atoms with Gasteiger partial charge in [-0.3, -0.25) is 0 Å². The summed E-state index contributed by atoms with van der Waals surface area (Å²) >= 11 is 3.12. The molecule has 1 fully saturated rings. The van der Waals surface area contributed by atoms with E-state index in [0.717, 1.165) is 12.1 Å². The van der Waals surface area contributed by atoms with Gasteiger partial charge in [-0.05, 0) is 46.0 Å². The van der Waals surface area contributed by atoms with E-state index in [1.807, 2.05) is 13.8 Å². The van der Waals surface area contributed by atoms with Crippen LogP contribution in [-0.2, 0) is 10.0 Å². The molecular formula is C13H18BrFN2O2S. The summed E-state index contributed by atoms with van der Waals surface area (Å²) in [4.78, 5) is 0.0881. The molecule has 1 aromatic carbocycles. The third-order valence-electron chi connectivity index (χ3n) is 3.79. The minimum absolute atomic E-state index is 0.0226. The number of sulfonamides is 1. The Labute approximate surface area is 127 Å². The molecule has 0 amide bonds. The zero-order chi connectivity index (χ0) is 15.1. The topological polar surface area (TPSA) is 63.4 Å². The molecule has 1 heterocycles. The molecule has 0 spiro atoms. The fraction of sp³-hybridized carbons (Fsp3) is 0.538. The number of halogens is 2. The molecule has 4 nitrogen and oxygen atoms in total. The van der Waals surface area contributed by atoms with Crippen molar-refractivity contribution in [2.75, 3.05) is 13.1 Å². The molecule has 0 bridgehead atoms. The Bertz CT molecular complexity index is 619. The van der Waals surface area contributed by atoms with Crippen LogP contribution >= 0.6 is 15.9 Å². The fourth-order valence-electron chi connectivity index (χ4n) is 2.35. The van der Waals surface area contributed by atoms with E-state index in [-0.39, 0.29) is 20.8 Å². The SMILES string of the molecule is CC1(C)CN(S(=O)(=O)c2ccc(F)cc2Br)CCC1N. The van der Waals surface area contributed by atoms with Crippen molar-refractivity contribution in [2.24, 2.45) is 11.1 Å². The quantitative estimate of drug-likeness (QED) is 0.875. The lowest BCUT2D eigenvalue weighted by Crippen LogP contribution is -2.53. The van der Waals surface area contributed by atoms with Gasteiger partial charge in [-0.2, -0.15) is 4.31 Å². The van der Waals surface area contributed by atoms with Crippen LogP contribution in [0, 0.1) is 11.2 Å². The molecule has 2 N–H and O–H groups in total. The summed E-state index contributed by atoms with van der Waals surface area (Å²) in [6, 6.07) is 3.58. The normalized spacial score (nSPS) is 23.8. The zero-order valence-electron chi connectivity index (χ0n) is 11.4. The second-order valence-electron chi connectivity index (χ2n) is 5.80. The smallest absolute Gasteiger partial charge is 0.244 e. The Kier molecular flexibility index (Phi) is 4.26. The van der Waals surface area contributed by atoms with E-state index < -0.39 is 15.8 Å². The van der Waals surface area contributed by atoms with E-state index in [1.165, 1.54) is 10.4 Å². The minimum Gasteiger partial charge on any atom is -0.327 e. The molecule has 1 atom stereocenters. The van der Waals surface area contributed by atoms with Crippen LogP contribution in [0.3, 0.4) is 0 Å². The maximum Gasteiger partial charge on any atom is 0.244 e. The second-order valence-corrected chi connectivity index (χ2v) is 8.56. The molecule has 20 heavy (non-hydrogen) atoms. The van der Waals surface area contributed by atoms with Gasteiger partial charge in [0.15, 0.2) is 0 Å². The van der Waals surface area contributed by atoms with Crippen LogP contribution in [0.2, 0.25) is 0 Å². The van der Waals surface area contributed by atoms with Crippen LogP contribution in [0.15, 0.2) is 27.6 Å². The number of nitrogens with zero attached hydrogens (tertiary/aromatic N) is 1. The van der Waals surface area contributed by atoms with Gasteiger partial charge in [0.2, 0.25) is 10.0 Å². The Morgan fingerprint density at radius 3 is 2.65 bits per heavy atom. The molecule has 0 saturated carbocycles. The van der Waals surface area contributed by atoms with Crippen molar-refractivity contribution in [1.29, 1.82) is 0 Å². The molecule has 0 radical (unpaired) electrons. The van der Waals surface area contributed by atoms with Gasteiger partial charge in [0, 0.05) is 23.6 Å². The number of hydrogen-bond donors (Lipinski definition) is 1. The first-order valence-corrected chi connectivity index (χ1v) is 8.59. The monoisotopic (exact) mass is 364 g/mol. The maximum absolute atomic E-state index is 13.1. The molecule has 0 aliphatic carbocycles. The van der Waals surface area contributed by atoms with Gasteiger partial charge in [-0.1, -0.05) is 13.8 Å². The molecule has 0 aromatic heterocycles. The van der Waals surface area contributed by atoms with E-state index in [1.54, 1.807) is 0 Å². The summed E-state index contributed by atoms with van der Waals surface area (Å²) in [6.07, 6.45) is 0.616. The van der Waals surface area contributed by atoms with Crippen molar-refractivity contribution in [2.45, 2.75) is 31.2 Å². The molecule has 1 unspecified atom stereocenters. The Hall–Kier alpha value is -0.500. The van der Waals surface area contributed by atoms with E-state index in [0.29, 0.717) is 19.5 Å². The van der Waals surface area contributed by atoms with Gasteiger partial charge in [-0.15, -0.1) is 0 Å². The Balaban J connectivity index is 2.36. The predicted octanol–water partition coefficient (Wildman–Crippen LogP) is 2.34. The van der Waals surface area contributed by atoms with Crippen LogP contribution in [0.5, 0.6) is 0 Å². The van der Waals surface area contributed by atoms with E-state index >= 15 is 0 Å². The molecule has 2 rings (SSSR count). The molecule has 1 aliphatic heterocycles. The summed E-state index contributed by atoms with van der Waals surface area (Å²) in [5.74, 6) is -0.475. The van der Waals surface area contributed by atoms with E-state index in [9.17, 15) is 12.8 Å². The summed E-state index contributed by atoms with van der Waals surface area (Å²) in [5, 5.41) is 0. The van der Waals surface area contributed by atoms with Gasteiger partial charge >= 0.3 is 0 Å². The largest absolute Gasteiger partial charge is 0.327 e.